The summed E-state index contributed by atoms with van der Waals surface area (Å²) in [5.74, 6) is 1.39. The van der Waals surface area contributed by atoms with Crippen molar-refractivity contribution in [1.82, 2.24) is 19.4 Å². The second-order valence-electron chi connectivity index (χ2n) is 7.96. The standard InChI is InChI=1S/C21H26N4O2/c1-23-12-15-3-2-4-17(18(15)13-23)19-11-22-20-5-7-24(8-9-25(19)20)21(26)16-6-10-27-14-16/h2-4,11,16H,5-10,12-14H2,1H3/t16-/m1/s1. The monoisotopic (exact) mass is 366 g/mol. The predicted octanol–water partition coefficient (Wildman–Crippen LogP) is 1.92. The molecule has 1 aromatic carbocycles. The van der Waals surface area contributed by atoms with Gasteiger partial charge in [-0.25, -0.2) is 4.98 Å². The molecule has 0 spiro atoms. The zero-order valence-electron chi connectivity index (χ0n) is 15.9. The van der Waals surface area contributed by atoms with E-state index in [9.17, 15) is 4.79 Å². The summed E-state index contributed by atoms with van der Waals surface area (Å²) >= 11 is 0. The molecule has 5 rings (SSSR count). The Morgan fingerprint density at radius 3 is 3.00 bits per heavy atom. The van der Waals surface area contributed by atoms with E-state index in [2.05, 4.69) is 34.7 Å². The highest BCUT2D eigenvalue weighted by Gasteiger charge is 2.30. The molecule has 2 aromatic rings. The van der Waals surface area contributed by atoms with E-state index in [1.54, 1.807) is 0 Å². The molecule has 0 unspecified atom stereocenters. The van der Waals surface area contributed by atoms with Gasteiger partial charge < -0.3 is 14.2 Å². The summed E-state index contributed by atoms with van der Waals surface area (Å²) in [7, 11) is 2.16. The van der Waals surface area contributed by atoms with Crippen LogP contribution < -0.4 is 0 Å². The average Bonchev–Trinajstić information content (AvgIpc) is 3.38. The Bertz CT molecular complexity index is 869. The number of carbonyl (C=O) groups excluding carboxylic acids is 1. The van der Waals surface area contributed by atoms with E-state index in [4.69, 9.17) is 9.72 Å². The van der Waals surface area contributed by atoms with Gasteiger partial charge in [0.05, 0.1) is 24.4 Å². The molecule has 1 amide bonds. The fraction of sp³-hybridized carbons (Fsp3) is 0.524. The van der Waals surface area contributed by atoms with E-state index < -0.39 is 0 Å². The maximum absolute atomic E-state index is 12.8. The van der Waals surface area contributed by atoms with E-state index in [-0.39, 0.29) is 11.8 Å². The van der Waals surface area contributed by atoms with Gasteiger partial charge >= 0.3 is 0 Å². The second kappa shape index (κ2) is 6.77. The van der Waals surface area contributed by atoms with Crippen molar-refractivity contribution >= 4 is 5.91 Å². The summed E-state index contributed by atoms with van der Waals surface area (Å²) < 4.78 is 7.73. The lowest BCUT2D eigenvalue weighted by Crippen LogP contribution is -2.38. The van der Waals surface area contributed by atoms with Gasteiger partial charge in [0.1, 0.15) is 5.82 Å². The maximum Gasteiger partial charge on any atom is 0.228 e. The number of benzene rings is 1. The van der Waals surface area contributed by atoms with Crippen LogP contribution in [-0.4, -0.2) is 58.6 Å². The van der Waals surface area contributed by atoms with Crippen molar-refractivity contribution in [3.63, 3.8) is 0 Å². The number of carbonyl (C=O) groups is 1. The van der Waals surface area contributed by atoms with Crippen molar-refractivity contribution in [2.75, 3.05) is 33.4 Å². The highest BCUT2D eigenvalue weighted by atomic mass is 16.5. The first-order valence-electron chi connectivity index (χ1n) is 9.91. The van der Waals surface area contributed by atoms with Crippen LogP contribution in [0.5, 0.6) is 0 Å². The molecule has 3 aliphatic heterocycles. The number of ether oxygens (including phenoxy) is 1. The predicted molar refractivity (Wildman–Crippen MR) is 102 cm³/mol. The lowest BCUT2D eigenvalue weighted by atomic mass is 10.0. The summed E-state index contributed by atoms with van der Waals surface area (Å²) in [5, 5.41) is 0. The number of rotatable bonds is 2. The molecular formula is C21H26N4O2. The van der Waals surface area contributed by atoms with Crippen LogP contribution in [0.2, 0.25) is 0 Å². The fourth-order valence-electron chi connectivity index (χ4n) is 4.68. The van der Waals surface area contributed by atoms with Crippen molar-refractivity contribution in [2.24, 2.45) is 5.92 Å². The van der Waals surface area contributed by atoms with Crippen LogP contribution in [0.3, 0.4) is 0 Å². The van der Waals surface area contributed by atoms with Gasteiger partial charge in [-0.05, 0) is 24.6 Å². The topological polar surface area (TPSA) is 50.6 Å². The summed E-state index contributed by atoms with van der Waals surface area (Å²) in [6.45, 7) is 5.60. The average molecular weight is 366 g/mol. The summed E-state index contributed by atoms with van der Waals surface area (Å²) in [6.07, 6.45) is 3.69. The number of nitrogens with zero attached hydrogens (tertiary/aromatic N) is 4. The van der Waals surface area contributed by atoms with Crippen molar-refractivity contribution in [3.05, 3.63) is 41.3 Å². The van der Waals surface area contributed by atoms with E-state index in [1.165, 1.54) is 22.4 Å². The third-order valence-electron chi connectivity index (χ3n) is 6.14. The number of hydrogen-bond donors (Lipinski definition) is 0. The van der Waals surface area contributed by atoms with Gasteiger partial charge in [-0.1, -0.05) is 18.2 Å². The van der Waals surface area contributed by atoms with Crippen molar-refractivity contribution in [1.29, 1.82) is 0 Å². The Labute approximate surface area is 159 Å². The Kier molecular flexibility index (Phi) is 4.25. The van der Waals surface area contributed by atoms with Gasteiger partial charge in [-0.2, -0.15) is 0 Å². The summed E-state index contributed by atoms with van der Waals surface area (Å²) in [4.78, 5) is 21.9. The summed E-state index contributed by atoms with van der Waals surface area (Å²) in [5.41, 5.74) is 5.32. The first-order valence-corrected chi connectivity index (χ1v) is 9.91. The number of imidazole rings is 1. The van der Waals surface area contributed by atoms with Gasteiger partial charge in [0.25, 0.3) is 0 Å². The molecule has 1 atom stereocenters. The van der Waals surface area contributed by atoms with Crippen LogP contribution in [0.25, 0.3) is 11.3 Å². The highest BCUT2D eigenvalue weighted by molar-refractivity contribution is 5.79. The lowest BCUT2D eigenvalue weighted by molar-refractivity contribution is -0.135. The minimum absolute atomic E-state index is 0.0443. The Morgan fingerprint density at radius 2 is 2.15 bits per heavy atom. The third kappa shape index (κ3) is 2.97. The van der Waals surface area contributed by atoms with E-state index >= 15 is 0 Å². The van der Waals surface area contributed by atoms with Gasteiger partial charge in [0.2, 0.25) is 5.91 Å². The number of amides is 1. The molecule has 27 heavy (non-hydrogen) atoms. The van der Waals surface area contributed by atoms with Crippen molar-refractivity contribution < 1.29 is 9.53 Å². The number of fused-ring (bicyclic) bond motifs is 2. The molecule has 0 N–H and O–H groups in total. The number of hydrogen-bond acceptors (Lipinski definition) is 4. The van der Waals surface area contributed by atoms with Crippen LogP contribution in [-0.2, 0) is 35.6 Å². The SMILES string of the molecule is CN1Cc2cccc(-c3cnc4n3CCN(C(=O)[C@@H]3CCOC3)CC4)c2C1. The van der Waals surface area contributed by atoms with Crippen LogP contribution in [0.4, 0.5) is 0 Å². The first kappa shape index (κ1) is 17.0. The molecule has 142 valence electrons. The molecule has 3 aliphatic rings. The normalized spacial score (nSPS) is 22.6. The van der Waals surface area contributed by atoms with E-state index in [0.717, 1.165) is 51.4 Å². The molecule has 1 saturated heterocycles. The Hall–Kier alpha value is -2.18. The molecule has 0 bridgehead atoms. The van der Waals surface area contributed by atoms with E-state index in [0.29, 0.717) is 13.2 Å². The highest BCUT2D eigenvalue weighted by Crippen LogP contribution is 2.33. The molecule has 4 heterocycles. The Balaban J connectivity index is 1.41. The molecule has 1 aromatic heterocycles. The maximum atomic E-state index is 12.8. The van der Waals surface area contributed by atoms with Crippen LogP contribution in [0.1, 0.15) is 23.4 Å². The zero-order valence-corrected chi connectivity index (χ0v) is 15.9. The quantitative estimate of drug-likeness (QED) is 0.815. The minimum atomic E-state index is 0.0443. The van der Waals surface area contributed by atoms with Crippen LogP contribution in [0, 0.1) is 5.92 Å². The summed E-state index contributed by atoms with van der Waals surface area (Å²) in [6, 6.07) is 6.60. The fourth-order valence-corrected chi connectivity index (χ4v) is 4.68. The zero-order chi connectivity index (χ0) is 18.4. The van der Waals surface area contributed by atoms with Gasteiger partial charge in [0, 0.05) is 51.3 Å². The number of aromatic nitrogens is 2. The lowest BCUT2D eigenvalue weighted by Gasteiger charge is -2.23. The van der Waals surface area contributed by atoms with Gasteiger partial charge in [-0.3, -0.25) is 9.69 Å². The van der Waals surface area contributed by atoms with Crippen molar-refractivity contribution in [2.45, 2.75) is 32.5 Å². The van der Waals surface area contributed by atoms with Gasteiger partial charge in [-0.15, -0.1) is 0 Å². The first-order chi connectivity index (χ1) is 13.2. The third-order valence-corrected chi connectivity index (χ3v) is 6.14. The van der Waals surface area contributed by atoms with Crippen LogP contribution >= 0.6 is 0 Å². The van der Waals surface area contributed by atoms with Gasteiger partial charge in [0.15, 0.2) is 0 Å². The minimum Gasteiger partial charge on any atom is -0.381 e. The molecule has 1 fully saturated rings. The molecule has 6 nitrogen and oxygen atoms in total. The van der Waals surface area contributed by atoms with Crippen LogP contribution in [0.15, 0.2) is 24.4 Å². The molecular weight excluding hydrogens is 340 g/mol. The smallest absolute Gasteiger partial charge is 0.228 e. The molecule has 0 saturated carbocycles. The molecule has 6 heteroatoms. The Morgan fingerprint density at radius 1 is 1.22 bits per heavy atom. The van der Waals surface area contributed by atoms with E-state index in [1.807, 2.05) is 11.1 Å². The van der Waals surface area contributed by atoms with Crippen molar-refractivity contribution in [3.8, 4) is 11.3 Å². The molecule has 0 aliphatic carbocycles. The largest absolute Gasteiger partial charge is 0.381 e. The second-order valence-corrected chi connectivity index (χ2v) is 7.96. The molecule has 0 radical (unpaired) electrons.